The molecule has 1 aromatic carbocycles. The molecule has 0 saturated heterocycles. The molecule has 0 saturated carbocycles. The first-order valence-corrected chi connectivity index (χ1v) is 6.15. The lowest BCUT2D eigenvalue weighted by Gasteiger charge is -2.11. The zero-order chi connectivity index (χ0) is 14.0. The summed E-state index contributed by atoms with van der Waals surface area (Å²) in [5.41, 5.74) is 4.55. The van der Waals surface area contributed by atoms with Gasteiger partial charge in [-0.2, -0.15) is 13.2 Å². The lowest BCUT2D eigenvalue weighted by Crippen LogP contribution is -2.12. The average molecular weight is 286 g/mol. The number of primary amides is 1. The van der Waals surface area contributed by atoms with E-state index in [0.29, 0.717) is 5.01 Å². The molecule has 0 aliphatic carbocycles. The quantitative estimate of drug-likeness (QED) is 0.943. The molecule has 3 nitrogen and oxygen atoms in total. The summed E-state index contributed by atoms with van der Waals surface area (Å²) in [5.74, 6) is -0.688. The van der Waals surface area contributed by atoms with Crippen LogP contribution in [0.3, 0.4) is 0 Å². The van der Waals surface area contributed by atoms with Crippen LogP contribution in [0.15, 0.2) is 29.6 Å². The third-order valence-electron chi connectivity index (χ3n) is 2.47. The molecule has 0 aliphatic rings. The lowest BCUT2D eigenvalue weighted by molar-refractivity contribution is -0.138. The van der Waals surface area contributed by atoms with Gasteiger partial charge in [-0.3, -0.25) is 4.79 Å². The summed E-state index contributed by atoms with van der Waals surface area (Å²) in [6.07, 6.45) is -4.38. The second-order valence-electron chi connectivity index (χ2n) is 3.82. The van der Waals surface area contributed by atoms with E-state index in [1.807, 2.05) is 0 Å². The van der Waals surface area contributed by atoms with Crippen LogP contribution in [-0.4, -0.2) is 10.9 Å². The maximum atomic E-state index is 12.8. The Morgan fingerprint density at radius 1 is 1.32 bits per heavy atom. The zero-order valence-electron chi connectivity index (χ0n) is 9.57. The molecule has 0 aliphatic heterocycles. The number of carbonyl (C=O) groups is 1. The Morgan fingerprint density at radius 2 is 2.00 bits per heavy atom. The van der Waals surface area contributed by atoms with Crippen LogP contribution in [0.25, 0.3) is 0 Å². The Labute approximate surface area is 110 Å². The van der Waals surface area contributed by atoms with Gasteiger partial charge >= 0.3 is 6.18 Å². The van der Waals surface area contributed by atoms with Gasteiger partial charge in [-0.25, -0.2) is 4.98 Å². The normalized spacial score (nSPS) is 11.5. The molecule has 0 unspecified atom stereocenters. The molecule has 0 spiro atoms. The molecule has 0 atom stereocenters. The van der Waals surface area contributed by atoms with E-state index in [1.165, 1.54) is 23.6 Å². The SMILES string of the molecule is NC(=O)c1csc(Cc2ccccc2C(F)(F)F)n1. The first-order chi connectivity index (χ1) is 8.88. The van der Waals surface area contributed by atoms with Crippen LogP contribution in [0.1, 0.15) is 26.6 Å². The van der Waals surface area contributed by atoms with Crippen LogP contribution in [-0.2, 0) is 12.6 Å². The Morgan fingerprint density at radius 3 is 2.58 bits per heavy atom. The van der Waals surface area contributed by atoms with Crippen molar-refractivity contribution >= 4 is 17.2 Å². The van der Waals surface area contributed by atoms with Crippen LogP contribution in [0.2, 0.25) is 0 Å². The molecule has 0 radical (unpaired) electrons. The number of rotatable bonds is 3. The number of benzene rings is 1. The predicted octanol–water partition coefficient (Wildman–Crippen LogP) is 2.85. The van der Waals surface area contributed by atoms with E-state index in [1.54, 1.807) is 0 Å². The second-order valence-corrected chi connectivity index (χ2v) is 4.77. The van der Waals surface area contributed by atoms with Crippen LogP contribution < -0.4 is 5.73 Å². The van der Waals surface area contributed by atoms with Gasteiger partial charge in [-0.15, -0.1) is 11.3 Å². The van der Waals surface area contributed by atoms with Crippen molar-refractivity contribution in [2.75, 3.05) is 0 Å². The van der Waals surface area contributed by atoms with Gasteiger partial charge in [0.15, 0.2) is 0 Å². The first kappa shape index (κ1) is 13.5. The number of carbonyl (C=O) groups excluding carboxylic acids is 1. The summed E-state index contributed by atoms with van der Waals surface area (Å²) >= 11 is 1.11. The van der Waals surface area contributed by atoms with Crippen LogP contribution >= 0.6 is 11.3 Å². The van der Waals surface area contributed by atoms with E-state index >= 15 is 0 Å². The third kappa shape index (κ3) is 3.11. The number of halogens is 3. The van der Waals surface area contributed by atoms with Crippen molar-refractivity contribution < 1.29 is 18.0 Å². The van der Waals surface area contributed by atoms with E-state index < -0.39 is 17.6 Å². The zero-order valence-corrected chi connectivity index (χ0v) is 10.4. The Kier molecular flexibility index (Phi) is 3.57. The molecule has 7 heteroatoms. The maximum absolute atomic E-state index is 12.8. The monoisotopic (exact) mass is 286 g/mol. The standard InChI is InChI=1S/C12H9F3N2OS/c13-12(14,15)8-4-2-1-3-7(8)5-10-17-9(6-19-10)11(16)18/h1-4,6H,5H2,(H2,16,18). The minimum atomic E-state index is -4.40. The molecule has 2 rings (SSSR count). The van der Waals surface area contributed by atoms with Gasteiger partial charge in [0, 0.05) is 11.8 Å². The molecule has 19 heavy (non-hydrogen) atoms. The maximum Gasteiger partial charge on any atom is 0.416 e. The highest BCUT2D eigenvalue weighted by molar-refractivity contribution is 7.09. The third-order valence-corrected chi connectivity index (χ3v) is 3.32. The van der Waals surface area contributed by atoms with Crippen molar-refractivity contribution in [3.8, 4) is 0 Å². The first-order valence-electron chi connectivity index (χ1n) is 5.27. The molecule has 2 N–H and O–H groups in total. The van der Waals surface area contributed by atoms with E-state index in [9.17, 15) is 18.0 Å². The summed E-state index contributed by atoms with van der Waals surface area (Å²) in [5, 5.41) is 1.86. The summed E-state index contributed by atoms with van der Waals surface area (Å²) in [4.78, 5) is 14.8. The predicted molar refractivity (Wildman–Crippen MR) is 64.9 cm³/mol. The molecule has 1 amide bonds. The number of nitrogens with zero attached hydrogens (tertiary/aromatic N) is 1. The van der Waals surface area contributed by atoms with Gasteiger partial charge in [0.05, 0.1) is 10.6 Å². The topological polar surface area (TPSA) is 56.0 Å². The molecular weight excluding hydrogens is 277 g/mol. The van der Waals surface area contributed by atoms with Crippen molar-refractivity contribution in [3.63, 3.8) is 0 Å². The molecule has 0 fully saturated rings. The van der Waals surface area contributed by atoms with Crippen molar-refractivity contribution in [2.45, 2.75) is 12.6 Å². The van der Waals surface area contributed by atoms with Crippen LogP contribution in [0, 0.1) is 0 Å². The number of hydrogen-bond acceptors (Lipinski definition) is 3. The van der Waals surface area contributed by atoms with E-state index in [0.717, 1.165) is 17.4 Å². The molecule has 0 bridgehead atoms. The average Bonchev–Trinajstić information content (AvgIpc) is 2.77. The molecular formula is C12H9F3N2OS. The van der Waals surface area contributed by atoms with Gasteiger partial charge in [-0.1, -0.05) is 18.2 Å². The Hall–Kier alpha value is -1.89. The molecule has 2 aromatic rings. The fraction of sp³-hybridized carbons (Fsp3) is 0.167. The largest absolute Gasteiger partial charge is 0.416 e. The van der Waals surface area contributed by atoms with Gasteiger partial charge in [0.2, 0.25) is 0 Å². The fourth-order valence-electron chi connectivity index (χ4n) is 1.62. The minimum Gasteiger partial charge on any atom is -0.364 e. The number of amides is 1. The lowest BCUT2D eigenvalue weighted by atomic mass is 10.0. The Bertz CT molecular complexity index is 607. The highest BCUT2D eigenvalue weighted by atomic mass is 32.1. The highest BCUT2D eigenvalue weighted by Gasteiger charge is 2.32. The van der Waals surface area contributed by atoms with Crippen LogP contribution in [0.4, 0.5) is 13.2 Å². The summed E-state index contributed by atoms with van der Waals surface area (Å²) in [6, 6.07) is 5.29. The highest BCUT2D eigenvalue weighted by Crippen LogP contribution is 2.33. The molecule has 1 heterocycles. The van der Waals surface area contributed by atoms with Gasteiger partial charge in [0.1, 0.15) is 5.69 Å². The fourth-order valence-corrected chi connectivity index (χ4v) is 2.43. The molecule has 1 aromatic heterocycles. The van der Waals surface area contributed by atoms with Crippen molar-refractivity contribution in [1.29, 1.82) is 0 Å². The van der Waals surface area contributed by atoms with Crippen molar-refractivity contribution in [1.82, 2.24) is 4.98 Å². The van der Waals surface area contributed by atoms with Crippen molar-refractivity contribution in [3.05, 3.63) is 51.5 Å². The molecule has 100 valence electrons. The van der Waals surface area contributed by atoms with Gasteiger partial charge in [0.25, 0.3) is 5.91 Å². The summed E-state index contributed by atoms with van der Waals surface area (Å²) in [7, 11) is 0. The Balaban J connectivity index is 2.30. The summed E-state index contributed by atoms with van der Waals surface area (Å²) in [6.45, 7) is 0. The van der Waals surface area contributed by atoms with Crippen molar-refractivity contribution in [2.24, 2.45) is 5.73 Å². The van der Waals surface area contributed by atoms with E-state index in [-0.39, 0.29) is 17.7 Å². The minimum absolute atomic E-state index is 0.0215. The number of alkyl halides is 3. The van der Waals surface area contributed by atoms with E-state index in [4.69, 9.17) is 5.73 Å². The van der Waals surface area contributed by atoms with Gasteiger partial charge < -0.3 is 5.73 Å². The smallest absolute Gasteiger partial charge is 0.364 e. The number of nitrogens with two attached hydrogens (primary N) is 1. The van der Waals surface area contributed by atoms with E-state index in [2.05, 4.69) is 4.98 Å². The second kappa shape index (κ2) is 5.00. The van der Waals surface area contributed by atoms with Crippen LogP contribution in [0.5, 0.6) is 0 Å². The van der Waals surface area contributed by atoms with Gasteiger partial charge in [-0.05, 0) is 11.6 Å². The number of aromatic nitrogens is 1. The summed E-state index contributed by atoms with van der Waals surface area (Å²) < 4.78 is 38.4. The number of thiazole rings is 1. The number of hydrogen-bond donors (Lipinski definition) is 1.